The summed E-state index contributed by atoms with van der Waals surface area (Å²) >= 11 is 5.88. The molecule has 0 unspecified atom stereocenters. The number of rotatable bonds is 4. The summed E-state index contributed by atoms with van der Waals surface area (Å²) in [5.41, 5.74) is 1.05. The van der Waals surface area contributed by atoms with Gasteiger partial charge in [-0.15, -0.1) is 0 Å². The molecule has 1 amide bonds. The number of amides is 1. The van der Waals surface area contributed by atoms with Crippen molar-refractivity contribution in [3.8, 4) is 0 Å². The van der Waals surface area contributed by atoms with Crippen LogP contribution in [0, 0.1) is 5.92 Å². The predicted molar refractivity (Wildman–Crippen MR) is 77.0 cm³/mol. The van der Waals surface area contributed by atoms with E-state index >= 15 is 0 Å². The molecule has 5 nitrogen and oxygen atoms in total. The minimum atomic E-state index is -1.05. The van der Waals surface area contributed by atoms with Crippen LogP contribution in [-0.2, 0) is 4.79 Å². The Labute approximate surface area is 120 Å². The third-order valence-corrected chi connectivity index (χ3v) is 3.28. The van der Waals surface area contributed by atoms with Crippen LogP contribution in [0.15, 0.2) is 24.3 Å². The van der Waals surface area contributed by atoms with Crippen LogP contribution < -0.4 is 5.32 Å². The highest BCUT2D eigenvalue weighted by Crippen LogP contribution is 2.20. The van der Waals surface area contributed by atoms with Crippen molar-refractivity contribution in [1.29, 1.82) is 0 Å². The maximum atomic E-state index is 12.1. The van der Waals surface area contributed by atoms with Crippen LogP contribution in [0.25, 0.3) is 10.9 Å². The predicted octanol–water partition coefficient (Wildman–Crippen LogP) is 2.66. The molecular formula is C14H15ClN2O3. The van der Waals surface area contributed by atoms with E-state index in [2.05, 4.69) is 10.3 Å². The van der Waals surface area contributed by atoms with Gasteiger partial charge in [0.15, 0.2) is 0 Å². The molecule has 1 aromatic heterocycles. The number of carboxylic acid groups (broad SMARTS) is 1. The third-order valence-electron chi connectivity index (χ3n) is 3.05. The minimum absolute atomic E-state index is 0.199. The lowest BCUT2D eigenvalue weighted by atomic mass is 10.0. The molecule has 0 aliphatic heterocycles. The summed E-state index contributed by atoms with van der Waals surface area (Å²) in [6.45, 7) is 3.48. The number of aromatic amines is 1. The van der Waals surface area contributed by atoms with E-state index in [1.807, 2.05) is 0 Å². The Kier molecular flexibility index (Phi) is 3.99. The van der Waals surface area contributed by atoms with Crippen LogP contribution in [0.3, 0.4) is 0 Å². The molecule has 0 fully saturated rings. The van der Waals surface area contributed by atoms with Gasteiger partial charge in [-0.05, 0) is 24.1 Å². The maximum absolute atomic E-state index is 12.1. The van der Waals surface area contributed by atoms with Gasteiger partial charge in [0.05, 0.1) is 0 Å². The fourth-order valence-electron chi connectivity index (χ4n) is 1.95. The highest BCUT2D eigenvalue weighted by molar-refractivity contribution is 6.31. The van der Waals surface area contributed by atoms with E-state index in [1.54, 1.807) is 38.1 Å². The Morgan fingerprint density at radius 3 is 2.60 bits per heavy atom. The molecule has 20 heavy (non-hydrogen) atoms. The number of hydrogen-bond donors (Lipinski definition) is 3. The third kappa shape index (κ3) is 2.93. The van der Waals surface area contributed by atoms with Gasteiger partial charge in [-0.25, -0.2) is 4.79 Å². The quantitative estimate of drug-likeness (QED) is 0.811. The van der Waals surface area contributed by atoms with Crippen LogP contribution in [0.4, 0.5) is 0 Å². The SMILES string of the molecule is CC(C)[C@H](NC(=O)c1cc2ccc(Cl)cc2[nH]1)C(=O)O. The zero-order valence-electron chi connectivity index (χ0n) is 11.1. The van der Waals surface area contributed by atoms with Gasteiger partial charge in [0.2, 0.25) is 0 Å². The van der Waals surface area contributed by atoms with Crippen LogP contribution >= 0.6 is 11.6 Å². The summed E-state index contributed by atoms with van der Waals surface area (Å²) < 4.78 is 0. The zero-order chi connectivity index (χ0) is 14.9. The van der Waals surface area contributed by atoms with Crippen molar-refractivity contribution in [3.63, 3.8) is 0 Å². The normalized spacial score (nSPS) is 12.6. The van der Waals surface area contributed by atoms with Gasteiger partial charge in [0, 0.05) is 15.9 Å². The first-order valence-electron chi connectivity index (χ1n) is 6.20. The van der Waals surface area contributed by atoms with Gasteiger partial charge in [0.1, 0.15) is 11.7 Å². The number of carbonyl (C=O) groups excluding carboxylic acids is 1. The first-order chi connectivity index (χ1) is 9.38. The van der Waals surface area contributed by atoms with E-state index in [0.717, 1.165) is 10.9 Å². The van der Waals surface area contributed by atoms with Gasteiger partial charge in [-0.3, -0.25) is 4.79 Å². The van der Waals surface area contributed by atoms with E-state index in [4.69, 9.17) is 16.7 Å². The van der Waals surface area contributed by atoms with Crippen LogP contribution in [0.1, 0.15) is 24.3 Å². The number of carboxylic acids is 1. The second-order valence-electron chi connectivity index (χ2n) is 4.95. The number of hydrogen-bond acceptors (Lipinski definition) is 2. The van der Waals surface area contributed by atoms with E-state index < -0.39 is 17.9 Å². The van der Waals surface area contributed by atoms with Crippen molar-refractivity contribution < 1.29 is 14.7 Å². The Morgan fingerprint density at radius 1 is 1.30 bits per heavy atom. The second kappa shape index (κ2) is 5.54. The van der Waals surface area contributed by atoms with Gasteiger partial charge in [-0.2, -0.15) is 0 Å². The Morgan fingerprint density at radius 2 is 2.00 bits per heavy atom. The summed E-state index contributed by atoms with van der Waals surface area (Å²) in [7, 11) is 0. The summed E-state index contributed by atoms with van der Waals surface area (Å²) in [5, 5.41) is 13.0. The molecule has 2 aromatic rings. The molecule has 1 atom stereocenters. The Balaban J connectivity index is 2.25. The monoisotopic (exact) mass is 294 g/mol. The van der Waals surface area contributed by atoms with Crippen molar-refractivity contribution in [1.82, 2.24) is 10.3 Å². The van der Waals surface area contributed by atoms with Gasteiger partial charge < -0.3 is 15.4 Å². The molecule has 0 radical (unpaired) electrons. The number of nitrogens with one attached hydrogen (secondary N) is 2. The Hall–Kier alpha value is -2.01. The highest BCUT2D eigenvalue weighted by Gasteiger charge is 2.24. The first-order valence-corrected chi connectivity index (χ1v) is 6.58. The lowest BCUT2D eigenvalue weighted by Gasteiger charge is -2.17. The molecule has 1 aromatic carbocycles. The number of fused-ring (bicyclic) bond motifs is 1. The second-order valence-corrected chi connectivity index (χ2v) is 5.38. The van der Waals surface area contributed by atoms with E-state index in [-0.39, 0.29) is 5.92 Å². The largest absolute Gasteiger partial charge is 0.480 e. The number of aliphatic carboxylic acids is 1. The molecule has 0 bridgehead atoms. The smallest absolute Gasteiger partial charge is 0.326 e. The standard InChI is InChI=1S/C14H15ClN2O3/c1-7(2)12(14(19)20)17-13(18)11-5-8-3-4-9(15)6-10(8)16-11/h3-7,12,16H,1-2H3,(H,17,18)(H,19,20)/t12-/m0/s1. The van der Waals surface area contributed by atoms with Crippen molar-refractivity contribution >= 4 is 34.4 Å². The van der Waals surface area contributed by atoms with Crippen LogP contribution in [-0.4, -0.2) is 28.0 Å². The zero-order valence-corrected chi connectivity index (χ0v) is 11.9. The minimum Gasteiger partial charge on any atom is -0.480 e. The van der Waals surface area contributed by atoms with Crippen LogP contribution in [0.5, 0.6) is 0 Å². The fraction of sp³-hybridized carbons (Fsp3) is 0.286. The molecule has 0 spiro atoms. The van der Waals surface area contributed by atoms with Crippen molar-refractivity contribution in [2.45, 2.75) is 19.9 Å². The van der Waals surface area contributed by atoms with E-state index in [9.17, 15) is 9.59 Å². The average Bonchev–Trinajstić information content (AvgIpc) is 2.77. The molecule has 106 valence electrons. The number of benzene rings is 1. The maximum Gasteiger partial charge on any atom is 0.326 e. The molecule has 1 heterocycles. The molecule has 3 N–H and O–H groups in total. The number of H-pyrrole nitrogens is 1. The lowest BCUT2D eigenvalue weighted by Crippen LogP contribution is -2.44. The number of aromatic nitrogens is 1. The van der Waals surface area contributed by atoms with Gasteiger partial charge in [0.25, 0.3) is 5.91 Å². The number of halogens is 1. The molecule has 0 aliphatic carbocycles. The van der Waals surface area contributed by atoms with Crippen molar-refractivity contribution in [2.75, 3.05) is 0 Å². The van der Waals surface area contributed by atoms with Crippen LogP contribution in [0.2, 0.25) is 5.02 Å². The van der Waals surface area contributed by atoms with E-state index in [1.165, 1.54) is 0 Å². The van der Waals surface area contributed by atoms with Crippen molar-refractivity contribution in [2.24, 2.45) is 5.92 Å². The fourth-order valence-corrected chi connectivity index (χ4v) is 2.13. The van der Waals surface area contributed by atoms with E-state index in [0.29, 0.717) is 10.7 Å². The summed E-state index contributed by atoms with van der Waals surface area (Å²) in [6.07, 6.45) is 0. The summed E-state index contributed by atoms with van der Waals surface area (Å²) in [4.78, 5) is 26.1. The first kappa shape index (κ1) is 14.4. The topological polar surface area (TPSA) is 82.2 Å². The lowest BCUT2D eigenvalue weighted by molar-refractivity contribution is -0.140. The molecule has 6 heteroatoms. The molecule has 2 rings (SSSR count). The summed E-state index contributed by atoms with van der Waals surface area (Å²) in [6, 6.07) is 5.98. The van der Waals surface area contributed by atoms with Gasteiger partial charge in [-0.1, -0.05) is 31.5 Å². The van der Waals surface area contributed by atoms with Crippen molar-refractivity contribution in [3.05, 3.63) is 35.0 Å². The number of carbonyl (C=O) groups is 2. The summed E-state index contributed by atoms with van der Waals surface area (Å²) in [5.74, 6) is -1.69. The molecule has 0 aliphatic rings. The van der Waals surface area contributed by atoms with Gasteiger partial charge >= 0.3 is 5.97 Å². The Bertz CT molecular complexity index is 663. The molecular weight excluding hydrogens is 280 g/mol. The highest BCUT2D eigenvalue weighted by atomic mass is 35.5. The molecule has 0 saturated heterocycles. The average molecular weight is 295 g/mol. The molecule has 0 saturated carbocycles.